The molecule has 2 aromatic carbocycles. The summed E-state index contributed by atoms with van der Waals surface area (Å²) in [5.41, 5.74) is 4.70. The summed E-state index contributed by atoms with van der Waals surface area (Å²) in [5.74, 6) is -1.13. The molecule has 0 spiro atoms. The smallest absolute Gasteiger partial charge is 0.407 e. The molecule has 1 fully saturated rings. The SMILES string of the molecule is C=CCN(CC(=O)O)C(=O)CC1CCC(NC(=O)OCC2c3ccccc3-c3ccccc32)C1. The number of carbonyl (C=O) groups excluding carboxylic acids is 2. The van der Waals surface area contributed by atoms with Gasteiger partial charge in [0.2, 0.25) is 5.91 Å². The van der Waals surface area contributed by atoms with E-state index in [4.69, 9.17) is 9.84 Å². The second-order valence-electron chi connectivity index (χ2n) is 9.01. The molecule has 2 unspecified atom stereocenters. The van der Waals surface area contributed by atoms with Crippen molar-refractivity contribution in [1.29, 1.82) is 0 Å². The number of hydrogen-bond donors (Lipinski definition) is 2. The molecule has 2 amide bonds. The first-order valence-corrected chi connectivity index (χ1v) is 11.7. The van der Waals surface area contributed by atoms with E-state index >= 15 is 0 Å². The second kappa shape index (κ2) is 10.5. The van der Waals surface area contributed by atoms with Gasteiger partial charge in [-0.25, -0.2) is 4.79 Å². The van der Waals surface area contributed by atoms with E-state index in [2.05, 4.69) is 36.2 Å². The molecule has 178 valence electrons. The second-order valence-corrected chi connectivity index (χ2v) is 9.01. The number of carboxylic acid groups (broad SMARTS) is 1. The number of nitrogens with zero attached hydrogens (tertiary/aromatic N) is 1. The maximum absolute atomic E-state index is 12.5. The predicted molar refractivity (Wildman–Crippen MR) is 128 cm³/mol. The number of carboxylic acids is 1. The Morgan fingerprint density at radius 3 is 2.32 bits per heavy atom. The molecule has 4 rings (SSSR count). The van der Waals surface area contributed by atoms with Crippen molar-refractivity contribution in [2.75, 3.05) is 19.7 Å². The number of benzene rings is 2. The van der Waals surface area contributed by atoms with E-state index in [1.807, 2.05) is 24.3 Å². The maximum Gasteiger partial charge on any atom is 0.407 e. The molecule has 2 aromatic rings. The first-order chi connectivity index (χ1) is 16.5. The van der Waals surface area contributed by atoms with Gasteiger partial charge in [-0.1, -0.05) is 54.6 Å². The third-order valence-corrected chi connectivity index (χ3v) is 6.70. The van der Waals surface area contributed by atoms with Crippen LogP contribution in [0, 0.1) is 5.92 Å². The van der Waals surface area contributed by atoms with Crippen LogP contribution in [0.25, 0.3) is 11.1 Å². The lowest BCUT2D eigenvalue weighted by Crippen LogP contribution is -2.37. The van der Waals surface area contributed by atoms with Gasteiger partial charge in [0.1, 0.15) is 13.2 Å². The molecule has 7 heteroatoms. The van der Waals surface area contributed by atoms with Crippen molar-refractivity contribution in [3.05, 3.63) is 72.3 Å². The Morgan fingerprint density at radius 1 is 1.06 bits per heavy atom. The highest BCUT2D eigenvalue weighted by molar-refractivity contribution is 5.82. The predicted octanol–water partition coefficient (Wildman–Crippen LogP) is 4.18. The molecule has 7 nitrogen and oxygen atoms in total. The molecular weight excluding hydrogens is 432 g/mol. The van der Waals surface area contributed by atoms with Crippen LogP contribution in [0.15, 0.2) is 61.2 Å². The van der Waals surface area contributed by atoms with Crippen molar-refractivity contribution in [3.63, 3.8) is 0 Å². The summed E-state index contributed by atoms with van der Waals surface area (Å²) in [6, 6.07) is 16.4. The summed E-state index contributed by atoms with van der Waals surface area (Å²) < 4.78 is 5.63. The summed E-state index contributed by atoms with van der Waals surface area (Å²) in [4.78, 5) is 37.3. The Labute approximate surface area is 199 Å². The number of nitrogens with one attached hydrogen (secondary N) is 1. The zero-order valence-corrected chi connectivity index (χ0v) is 19.1. The van der Waals surface area contributed by atoms with E-state index in [1.165, 1.54) is 33.2 Å². The van der Waals surface area contributed by atoms with Crippen molar-refractivity contribution in [2.24, 2.45) is 5.92 Å². The first kappa shape index (κ1) is 23.5. The summed E-state index contributed by atoms with van der Waals surface area (Å²) in [5, 5.41) is 12.0. The first-order valence-electron chi connectivity index (χ1n) is 11.7. The van der Waals surface area contributed by atoms with Crippen LogP contribution in [0.1, 0.15) is 42.7 Å². The topological polar surface area (TPSA) is 95.9 Å². The molecule has 1 saturated carbocycles. The number of rotatable bonds is 9. The van der Waals surface area contributed by atoms with Crippen LogP contribution in [-0.2, 0) is 14.3 Å². The Hall–Kier alpha value is -3.61. The highest BCUT2D eigenvalue weighted by Gasteiger charge is 2.31. The molecule has 0 radical (unpaired) electrons. The molecule has 2 atom stereocenters. The number of fused-ring (bicyclic) bond motifs is 3. The molecular formula is C27H30N2O5. The molecule has 0 saturated heterocycles. The van der Waals surface area contributed by atoms with Crippen LogP contribution in [0.3, 0.4) is 0 Å². The Bertz CT molecular complexity index is 1040. The molecule has 2 N–H and O–H groups in total. The summed E-state index contributed by atoms with van der Waals surface area (Å²) >= 11 is 0. The summed E-state index contributed by atoms with van der Waals surface area (Å²) in [6.07, 6.45) is 3.58. The van der Waals surface area contributed by atoms with Gasteiger partial charge in [-0.05, 0) is 47.4 Å². The van der Waals surface area contributed by atoms with Crippen LogP contribution < -0.4 is 5.32 Å². The minimum atomic E-state index is -1.04. The quantitative estimate of drug-likeness (QED) is 0.545. The van der Waals surface area contributed by atoms with Crippen LogP contribution in [0.2, 0.25) is 0 Å². The highest BCUT2D eigenvalue weighted by atomic mass is 16.5. The van der Waals surface area contributed by atoms with Gasteiger partial charge in [0.05, 0.1) is 0 Å². The van der Waals surface area contributed by atoms with Gasteiger partial charge in [-0.3, -0.25) is 9.59 Å². The van der Waals surface area contributed by atoms with Crippen molar-refractivity contribution >= 4 is 18.0 Å². The van der Waals surface area contributed by atoms with E-state index < -0.39 is 12.1 Å². The monoisotopic (exact) mass is 462 g/mol. The number of hydrogen-bond acceptors (Lipinski definition) is 4. The zero-order valence-electron chi connectivity index (χ0n) is 19.1. The van der Waals surface area contributed by atoms with E-state index in [0.717, 1.165) is 12.8 Å². The zero-order chi connectivity index (χ0) is 24.1. The Kier molecular flexibility index (Phi) is 7.30. The largest absolute Gasteiger partial charge is 0.480 e. The van der Waals surface area contributed by atoms with Crippen LogP contribution in [0.4, 0.5) is 4.79 Å². The standard InChI is InChI=1S/C27H30N2O5/c1-2-13-29(16-26(31)32)25(30)15-18-11-12-19(14-18)28-27(33)34-17-24-22-9-5-3-7-20(22)21-8-4-6-10-23(21)24/h2-10,18-19,24H,1,11-17H2,(H,28,33)(H,31,32). The van der Waals surface area contributed by atoms with Gasteiger partial charge in [0.25, 0.3) is 0 Å². The third-order valence-electron chi connectivity index (χ3n) is 6.70. The molecule has 0 aliphatic heterocycles. The maximum atomic E-state index is 12.5. The van der Waals surface area contributed by atoms with Crippen molar-refractivity contribution < 1.29 is 24.2 Å². The minimum Gasteiger partial charge on any atom is -0.480 e. The molecule has 2 aliphatic carbocycles. The van der Waals surface area contributed by atoms with Crippen LogP contribution in [-0.4, -0.2) is 53.7 Å². The van der Waals surface area contributed by atoms with E-state index in [9.17, 15) is 14.4 Å². The number of alkyl carbamates (subject to hydrolysis) is 1. The fourth-order valence-electron chi connectivity index (χ4n) is 5.15. The van der Waals surface area contributed by atoms with E-state index in [1.54, 1.807) is 0 Å². The summed E-state index contributed by atoms with van der Waals surface area (Å²) in [7, 11) is 0. The highest BCUT2D eigenvalue weighted by Crippen LogP contribution is 2.44. The van der Waals surface area contributed by atoms with Crippen LogP contribution in [0.5, 0.6) is 0 Å². The van der Waals surface area contributed by atoms with Gasteiger partial charge in [0, 0.05) is 24.9 Å². The van der Waals surface area contributed by atoms with Crippen molar-refractivity contribution in [1.82, 2.24) is 10.2 Å². The van der Waals surface area contributed by atoms with Gasteiger partial charge >= 0.3 is 12.1 Å². The Balaban J connectivity index is 1.27. The minimum absolute atomic E-state index is 0.0113. The summed E-state index contributed by atoms with van der Waals surface area (Å²) in [6.45, 7) is 3.73. The van der Waals surface area contributed by atoms with Gasteiger partial charge < -0.3 is 20.1 Å². The normalized spacial score (nSPS) is 18.6. The average Bonchev–Trinajstić information content (AvgIpc) is 3.39. The molecule has 0 bridgehead atoms. The molecule has 2 aliphatic rings. The molecule has 0 aromatic heterocycles. The van der Waals surface area contributed by atoms with Gasteiger partial charge in [-0.2, -0.15) is 0 Å². The van der Waals surface area contributed by atoms with Crippen LogP contribution >= 0.6 is 0 Å². The fourth-order valence-corrected chi connectivity index (χ4v) is 5.15. The van der Waals surface area contributed by atoms with E-state index in [-0.39, 0.29) is 49.9 Å². The van der Waals surface area contributed by atoms with Gasteiger partial charge in [-0.15, -0.1) is 6.58 Å². The van der Waals surface area contributed by atoms with Gasteiger partial charge in [0.15, 0.2) is 0 Å². The third kappa shape index (κ3) is 5.30. The van der Waals surface area contributed by atoms with E-state index in [0.29, 0.717) is 6.42 Å². The average molecular weight is 463 g/mol. The number of ether oxygens (including phenoxy) is 1. The number of amides is 2. The molecule has 0 heterocycles. The lowest BCUT2D eigenvalue weighted by Gasteiger charge is -2.21. The fraction of sp³-hybridized carbons (Fsp3) is 0.370. The lowest BCUT2D eigenvalue weighted by atomic mass is 9.98. The van der Waals surface area contributed by atoms with Crippen molar-refractivity contribution in [2.45, 2.75) is 37.6 Å². The number of carbonyl (C=O) groups is 3. The Morgan fingerprint density at radius 2 is 1.71 bits per heavy atom. The lowest BCUT2D eigenvalue weighted by molar-refractivity contribution is -0.144. The van der Waals surface area contributed by atoms with Crippen molar-refractivity contribution in [3.8, 4) is 11.1 Å². The molecule has 34 heavy (non-hydrogen) atoms. The number of aliphatic carboxylic acids is 1.